The standard InChI is InChI=1S/C12H12N4O3S2/c17-11-2-1-6-16(11)10-4-3-9(8-14-10)21(18,19)15-12-13-5-7-20-12/h3-5,7-8H,1-2,6H2,(H,13,15). The van der Waals surface area contributed by atoms with Gasteiger partial charge in [0.25, 0.3) is 10.0 Å². The molecule has 0 unspecified atom stereocenters. The largest absolute Gasteiger partial charge is 0.297 e. The third-order valence-corrected chi connectivity index (χ3v) is 5.18. The van der Waals surface area contributed by atoms with E-state index in [1.165, 1.54) is 29.8 Å². The third-order valence-electron chi connectivity index (χ3n) is 3.03. The van der Waals surface area contributed by atoms with Crippen LogP contribution in [0, 0.1) is 0 Å². The molecule has 1 amide bonds. The van der Waals surface area contributed by atoms with Gasteiger partial charge in [-0.1, -0.05) is 0 Å². The molecule has 0 aromatic carbocycles. The number of carbonyl (C=O) groups excluding carboxylic acids is 1. The number of pyridine rings is 1. The lowest BCUT2D eigenvalue weighted by molar-refractivity contribution is -0.117. The zero-order valence-corrected chi connectivity index (χ0v) is 12.5. The molecule has 2 aromatic rings. The second-order valence-corrected chi connectivity index (χ2v) is 7.02. The normalized spacial score (nSPS) is 15.4. The summed E-state index contributed by atoms with van der Waals surface area (Å²) in [7, 11) is -3.71. The Morgan fingerprint density at radius 3 is 2.71 bits per heavy atom. The molecule has 0 atom stereocenters. The predicted octanol–water partition coefficient (Wildman–Crippen LogP) is 1.47. The number of nitrogens with one attached hydrogen (secondary N) is 1. The molecule has 3 heterocycles. The molecule has 1 saturated heterocycles. The van der Waals surface area contributed by atoms with E-state index in [0.29, 0.717) is 23.9 Å². The molecule has 1 aliphatic heterocycles. The van der Waals surface area contributed by atoms with E-state index in [-0.39, 0.29) is 10.8 Å². The van der Waals surface area contributed by atoms with Crippen LogP contribution in [0.4, 0.5) is 10.9 Å². The number of anilines is 2. The molecule has 1 aliphatic rings. The summed E-state index contributed by atoms with van der Waals surface area (Å²) in [5.41, 5.74) is 0. The van der Waals surface area contributed by atoms with E-state index >= 15 is 0 Å². The number of rotatable bonds is 4. The molecule has 0 spiro atoms. The van der Waals surface area contributed by atoms with Crippen molar-refractivity contribution in [3.8, 4) is 0 Å². The average Bonchev–Trinajstić information content (AvgIpc) is 3.10. The van der Waals surface area contributed by atoms with Crippen LogP contribution in [-0.4, -0.2) is 30.8 Å². The quantitative estimate of drug-likeness (QED) is 0.919. The summed E-state index contributed by atoms with van der Waals surface area (Å²) in [4.78, 5) is 21.2. The molecule has 9 heteroatoms. The Bertz CT molecular complexity index is 741. The van der Waals surface area contributed by atoms with Crippen molar-refractivity contribution in [2.45, 2.75) is 17.7 Å². The number of nitrogens with zero attached hydrogens (tertiary/aromatic N) is 3. The Kier molecular flexibility index (Phi) is 3.60. The number of carbonyl (C=O) groups is 1. The van der Waals surface area contributed by atoms with Crippen LogP contribution in [0.5, 0.6) is 0 Å². The highest BCUT2D eigenvalue weighted by molar-refractivity contribution is 7.93. The fourth-order valence-electron chi connectivity index (χ4n) is 2.03. The van der Waals surface area contributed by atoms with Crippen molar-refractivity contribution in [3.63, 3.8) is 0 Å². The average molecular weight is 324 g/mol. The number of amides is 1. The highest BCUT2D eigenvalue weighted by atomic mass is 32.2. The minimum atomic E-state index is -3.71. The molecule has 0 aliphatic carbocycles. The Labute approximate surface area is 125 Å². The summed E-state index contributed by atoms with van der Waals surface area (Å²) in [5, 5.41) is 1.98. The Hall–Kier alpha value is -2.00. The van der Waals surface area contributed by atoms with E-state index < -0.39 is 10.0 Å². The molecule has 21 heavy (non-hydrogen) atoms. The van der Waals surface area contributed by atoms with Crippen LogP contribution in [0.2, 0.25) is 0 Å². The molecular formula is C12H12N4O3S2. The summed E-state index contributed by atoms with van der Waals surface area (Å²) < 4.78 is 26.6. The van der Waals surface area contributed by atoms with E-state index in [0.717, 1.165) is 6.42 Å². The SMILES string of the molecule is O=C1CCCN1c1ccc(S(=O)(=O)Nc2nccs2)cn1. The molecule has 0 radical (unpaired) electrons. The van der Waals surface area contributed by atoms with Gasteiger partial charge in [-0.05, 0) is 18.6 Å². The fraction of sp³-hybridized carbons (Fsp3) is 0.250. The Morgan fingerprint density at radius 1 is 1.29 bits per heavy atom. The minimum Gasteiger partial charge on any atom is -0.297 e. The summed E-state index contributed by atoms with van der Waals surface area (Å²) in [5.74, 6) is 0.490. The topological polar surface area (TPSA) is 92.3 Å². The van der Waals surface area contributed by atoms with E-state index in [9.17, 15) is 13.2 Å². The lowest BCUT2D eigenvalue weighted by atomic mass is 10.4. The van der Waals surface area contributed by atoms with Crippen molar-refractivity contribution in [2.24, 2.45) is 0 Å². The first-order chi connectivity index (χ1) is 10.1. The van der Waals surface area contributed by atoms with Gasteiger partial charge in [-0.2, -0.15) is 0 Å². The zero-order valence-electron chi connectivity index (χ0n) is 10.9. The molecule has 0 bridgehead atoms. The van der Waals surface area contributed by atoms with Gasteiger partial charge >= 0.3 is 0 Å². The highest BCUT2D eigenvalue weighted by Gasteiger charge is 2.23. The third kappa shape index (κ3) is 2.88. The van der Waals surface area contributed by atoms with Gasteiger partial charge in [0, 0.05) is 30.7 Å². The summed E-state index contributed by atoms with van der Waals surface area (Å²) in [6, 6.07) is 2.98. The van der Waals surface area contributed by atoms with Crippen molar-refractivity contribution < 1.29 is 13.2 Å². The monoisotopic (exact) mass is 324 g/mol. The van der Waals surface area contributed by atoms with E-state index in [1.54, 1.807) is 16.3 Å². The van der Waals surface area contributed by atoms with Crippen molar-refractivity contribution in [2.75, 3.05) is 16.2 Å². The molecule has 1 N–H and O–H groups in total. The minimum absolute atomic E-state index is 0.0130. The number of sulfonamides is 1. The first kappa shape index (κ1) is 14.0. The van der Waals surface area contributed by atoms with E-state index in [1.807, 2.05) is 0 Å². The Balaban J connectivity index is 1.82. The molecule has 7 nitrogen and oxygen atoms in total. The maximum Gasteiger partial charge on any atom is 0.265 e. The van der Waals surface area contributed by atoms with E-state index in [2.05, 4.69) is 14.7 Å². The van der Waals surface area contributed by atoms with E-state index in [4.69, 9.17) is 0 Å². The molecule has 2 aromatic heterocycles. The lowest BCUT2D eigenvalue weighted by Gasteiger charge is -2.14. The van der Waals surface area contributed by atoms with Gasteiger partial charge in [-0.15, -0.1) is 11.3 Å². The van der Waals surface area contributed by atoms with Crippen LogP contribution in [0.3, 0.4) is 0 Å². The second kappa shape index (κ2) is 5.41. The van der Waals surface area contributed by atoms with Crippen LogP contribution >= 0.6 is 11.3 Å². The molecular weight excluding hydrogens is 312 g/mol. The van der Waals surface area contributed by atoms with Gasteiger partial charge < -0.3 is 0 Å². The van der Waals surface area contributed by atoms with Crippen LogP contribution in [0.1, 0.15) is 12.8 Å². The van der Waals surface area contributed by atoms with Gasteiger partial charge in [0.2, 0.25) is 5.91 Å². The number of aromatic nitrogens is 2. The zero-order chi connectivity index (χ0) is 14.9. The van der Waals surface area contributed by atoms with Crippen molar-refractivity contribution in [1.29, 1.82) is 0 Å². The summed E-state index contributed by atoms with van der Waals surface area (Å²) in [6.07, 6.45) is 4.07. The first-order valence-electron chi connectivity index (χ1n) is 6.25. The van der Waals surface area contributed by atoms with Crippen LogP contribution < -0.4 is 9.62 Å². The van der Waals surface area contributed by atoms with Crippen molar-refractivity contribution in [3.05, 3.63) is 29.9 Å². The number of hydrogen-bond acceptors (Lipinski definition) is 6. The lowest BCUT2D eigenvalue weighted by Crippen LogP contribution is -2.24. The predicted molar refractivity (Wildman–Crippen MR) is 78.7 cm³/mol. The second-order valence-electron chi connectivity index (χ2n) is 4.44. The smallest absolute Gasteiger partial charge is 0.265 e. The molecule has 110 valence electrons. The first-order valence-corrected chi connectivity index (χ1v) is 8.61. The molecule has 1 fully saturated rings. The summed E-state index contributed by atoms with van der Waals surface area (Å²) in [6.45, 7) is 0.620. The fourth-order valence-corrected chi connectivity index (χ4v) is 3.76. The van der Waals surface area contributed by atoms with Crippen LogP contribution in [0.25, 0.3) is 0 Å². The van der Waals surface area contributed by atoms with Gasteiger partial charge in [0.1, 0.15) is 10.7 Å². The highest BCUT2D eigenvalue weighted by Crippen LogP contribution is 2.22. The van der Waals surface area contributed by atoms with Crippen molar-refractivity contribution >= 4 is 38.2 Å². The van der Waals surface area contributed by atoms with Crippen LogP contribution in [-0.2, 0) is 14.8 Å². The van der Waals surface area contributed by atoms with Gasteiger partial charge in [-0.3, -0.25) is 14.4 Å². The summed E-state index contributed by atoms with van der Waals surface area (Å²) >= 11 is 1.19. The number of thiazole rings is 1. The van der Waals surface area contributed by atoms with Gasteiger partial charge in [-0.25, -0.2) is 18.4 Å². The van der Waals surface area contributed by atoms with Gasteiger partial charge in [0.05, 0.1) is 0 Å². The molecule has 3 rings (SSSR count). The van der Waals surface area contributed by atoms with Crippen molar-refractivity contribution in [1.82, 2.24) is 9.97 Å². The maximum absolute atomic E-state index is 12.1. The Morgan fingerprint density at radius 2 is 2.14 bits per heavy atom. The number of hydrogen-bond donors (Lipinski definition) is 1. The maximum atomic E-state index is 12.1. The molecule has 0 saturated carbocycles. The van der Waals surface area contributed by atoms with Crippen LogP contribution in [0.15, 0.2) is 34.8 Å². The van der Waals surface area contributed by atoms with Gasteiger partial charge in [0.15, 0.2) is 5.13 Å².